The molecule has 4 bridgehead atoms. The summed E-state index contributed by atoms with van der Waals surface area (Å²) in [5.74, 6) is 4.16. The molecule has 3 aromatic rings. The molecule has 1 saturated heterocycles. The van der Waals surface area contributed by atoms with E-state index in [4.69, 9.17) is 19.2 Å². The Labute approximate surface area is 201 Å². The van der Waals surface area contributed by atoms with Crippen LogP contribution in [-0.4, -0.2) is 18.5 Å². The van der Waals surface area contributed by atoms with E-state index >= 15 is 0 Å². The number of fused-ring (bicyclic) bond motifs is 1. The fourth-order valence-corrected chi connectivity index (χ4v) is 7.31. The van der Waals surface area contributed by atoms with E-state index in [-0.39, 0.29) is 12.0 Å². The third kappa shape index (κ3) is 3.38. The predicted molar refractivity (Wildman–Crippen MR) is 131 cm³/mol. The van der Waals surface area contributed by atoms with Gasteiger partial charge in [-0.3, -0.25) is 0 Å². The maximum absolute atomic E-state index is 6.57. The van der Waals surface area contributed by atoms with E-state index in [0.717, 1.165) is 28.7 Å². The first kappa shape index (κ1) is 20.9. The normalized spacial score (nSPS) is 35.0. The Hall–Kier alpha value is -2.40. The largest absolute Gasteiger partial charge is 0.457 e. The average Bonchev–Trinajstić information content (AvgIpc) is 2.88. The van der Waals surface area contributed by atoms with Crippen LogP contribution >= 0.6 is 0 Å². The van der Waals surface area contributed by atoms with Gasteiger partial charge in [-0.15, -0.1) is 0 Å². The molecule has 4 aliphatic carbocycles. The highest BCUT2D eigenvalue weighted by molar-refractivity contribution is 5.88. The first-order valence-corrected chi connectivity index (χ1v) is 12.9. The van der Waals surface area contributed by atoms with Gasteiger partial charge in [0.2, 0.25) is 5.79 Å². The lowest BCUT2D eigenvalue weighted by molar-refractivity contribution is -0.526. The molecular weight excluding hydrogens is 424 g/mol. The molecule has 0 N–H and O–H groups in total. The molecule has 176 valence electrons. The molecule has 1 unspecified atom stereocenters. The zero-order valence-electron chi connectivity index (χ0n) is 19.7. The molecule has 4 nitrogen and oxygen atoms in total. The highest BCUT2D eigenvalue weighted by Crippen LogP contribution is 2.61. The molecular formula is C30H32O4. The van der Waals surface area contributed by atoms with Crippen molar-refractivity contribution in [1.29, 1.82) is 0 Å². The number of rotatable bonds is 4. The van der Waals surface area contributed by atoms with Crippen LogP contribution in [0.1, 0.15) is 50.5 Å². The maximum atomic E-state index is 6.57. The Morgan fingerprint density at radius 1 is 0.824 bits per heavy atom. The van der Waals surface area contributed by atoms with Gasteiger partial charge in [0.25, 0.3) is 0 Å². The monoisotopic (exact) mass is 456 g/mol. The third-order valence-corrected chi connectivity index (χ3v) is 8.99. The van der Waals surface area contributed by atoms with Crippen LogP contribution in [0, 0.1) is 23.7 Å². The van der Waals surface area contributed by atoms with Crippen molar-refractivity contribution in [3.8, 4) is 11.5 Å². The summed E-state index contributed by atoms with van der Waals surface area (Å²) in [5.41, 5.74) is 1.20. The number of ether oxygens (including phenoxy) is 2. The molecule has 4 saturated carbocycles. The van der Waals surface area contributed by atoms with Gasteiger partial charge >= 0.3 is 0 Å². The maximum Gasteiger partial charge on any atom is 0.207 e. The molecule has 5 fully saturated rings. The van der Waals surface area contributed by atoms with Crippen molar-refractivity contribution in [2.75, 3.05) is 6.61 Å². The molecule has 1 heterocycles. The zero-order chi connectivity index (χ0) is 22.7. The summed E-state index contributed by atoms with van der Waals surface area (Å²) in [6, 6.07) is 22.8. The van der Waals surface area contributed by atoms with Gasteiger partial charge in [0.05, 0.1) is 6.61 Å². The molecule has 3 aromatic carbocycles. The van der Waals surface area contributed by atoms with E-state index in [9.17, 15) is 0 Å². The highest BCUT2D eigenvalue weighted by Gasteiger charge is 2.61. The first-order chi connectivity index (χ1) is 16.7. The molecule has 0 amide bonds. The van der Waals surface area contributed by atoms with Crippen LogP contribution in [0.15, 0.2) is 66.7 Å². The second kappa shape index (κ2) is 8.08. The van der Waals surface area contributed by atoms with E-state index in [1.807, 2.05) is 36.4 Å². The number of benzene rings is 3. The van der Waals surface area contributed by atoms with Crippen molar-refractivity contribution in [2.24, 2.45) is 23.7 Å². The van der Waals surface area contributed by atoms with Crippen molar-refractivity contribution in [2.45, 2.75) is 56.8 Å². The van der Waals surface area contributed by atoms with Gasteiger partial charge in [-0.25, -0.2) is 9.78 Å². The second-order valence-electron chi connectivity index (χ2n) is 11.0. The van der Waals surface area contributed by atoms with Crippen LogP contribution in [0.4, 0.5) is 0 Å². The Morgan fingerprint density at radius 3 is 2.24 bits per heavy atom. The van der Waals surface area contributed by atoms with Gasteiger partial charge < -0.3 is 9.47 Å². The lowest BCUT2D eigenvalue weighted by atomic mass is 9.53. The molecule has 0 aromatic heterocycles. The first-order valence-electron chi connectivity index (χ1n) is 12.9. The van der Waals surface area contributed by atoms with Gasteiger partial charge in [0, 0.05) is 23.1 Å². The lowest BCUT2D eigenvalue weighted by Gasteiger charge is -2.60. The average molecular weight is 457 g/mol. The Balaban J connectivity index is 1.03. The summed E-state index contributed by atoms with van der Waals surface area (Å²) in [4.78, 5) is 12.3. The van der Waals surface area contributed by atoms with Gasteiger partial charge in [-0.05, 0) is 73.1 Å². The SMILES string of the molecule is C[C@@H](c1ccc(Oc2cccc3ccccc23)cc1)C1COC2(OO1)C1CC3CC(C1)CC2C3. The summed E-state index contributed by atoms with van der Waals surface area (Å²) in [5, 5.41) is 2.29. The Morgan fingerprint density at radius 2 is 1.53 bits per heavy atom. The minimum absolute atomic E-state index is 0.104. The fourth-order valence-electron chi connectivity index (χ4n) is 7.31. The van der Waals surface area contributed by atoms with E-state index in [1.54, 1.807) is 0 Å². The Bertz CT molecular complexity index is 1140. The molecule has 8 rings (SSSR count). The van der Waals surface area contributed by atoms with Gasteiger partial charge in [0.1, 0.15) is 17.6 Å². The van der Waals surface area contributed by atoms with Crippen molar-refractivity contribution < 1.29 is 19.2 Å². The van der Waals surface area contributed by atoms with Crippen LogP contribution in [0.3, 0.4) is 0 Å². The van der Waals surface area contributed by atoms with E-state index in [1.165, 1.54) is 43.1 Å². The van der Waals surface area contributed by atoms with Gasteiger partial charge in [-0.2, -0.15) is 0 Å². The van der Waals surface area contributed by atoms with Crippen LogP contribution < -0.4 is 4.74 Å². The van der Waals surface area contributed by atoms with Gasteiger partial charge in [0.15, 0.2) is 0 Å². The molecule has 2 atom stereocenters. The second-order valence-corrected chi connectivity index (χ2v) is 11.0. The van der Waals surface area contributed by atoms with E-state index < -0.39 is 5.79 Å². The predicted octanol–water partition coefficient (Wildman–Crippen LogP) is 7.24. The quantitative estimate of drug-likeness (QED) is 0.388. The van der Waals surface area contributed by atoms with Gasteiger partial charge in [-0.1, -0.05) is 55.5 Å². The summed E-state index contributed by atoms with van der Waals surface area (Å²) >= 11 is 0. The number of hydrogen-bond acceptors (Lipinski definition) is 4. The molecule has 5 aliphatic rings. The summed E-state index contributed by atoms with van der Waals surface area (Å²) in [6.45, 7) is 2.78. The molecule has 1 aliphatic heterocycles. The standard InChI is InChI=1S/C30H32O4/c1-19(29-18-31-30(34-33-29)24-14-20-13-21(16-24)17-25(30)15-20)22-9-11-26(12-10-22)32-28-8-4-6-23-5-2-3-7-27(23)28/h2-12,19-21,24-25,29H,13-18H2,1H3/t19-,20?,21?,24?,25?,29?,30?/m0/s1. The molecule has 34 heavy (non-hydrogen) atoms. The number of hydrogen-bond donors (Lipinski definition) is 0. The lowest BCUT2D eigenvalue weighted by Crippen LogP contribution is -2.63. The van der Waals surface area contributed by atoms with Crippen molar-refractivity contribution in [3.63, 3.8) is 0 Å². The van der Waals surface area contributed by atoms with E-state index in [0.29, 0.717) is 18.4 Å². The molecule has 4 heteroatoms. The van der Waals surface area contributed by atoms with E-state index in [2.05, 4.69) is 37.3 Å². The third-order valence-electron chi connectivity index (χ3n) is 8.99. The zero-order valence-corrected chi connectivity index (χ0v) is 19.7. The Kier molecular flexibility index (Phi) is 4.97. The van der Waals surface area contributed by atoms with Crippen molar-refractivity contribution in [3.05, 3.63) is 72.3 Å². The van der Waals surface area contributed by atoms with Crippen LogP contribution in [0.25, 0.3) is 10.8 Å². The highest BCUT2D eigenvalue weighted by atomic mass is 17.2. The topological polar surface area (TPSA) is 36.9 Å². The summed E-state index contributed by atoms with van der Waals surface area (Å²) in [6.07, 6.45) is 6.30. The summed E-state index contributed by atoms with van der Waals surface area (Å²) in [7, 11) is 0. The van der Waals surface area contributed by atoms with Crippen LogP contribution in [-0.2, 0) is 14.5 Å². The van der Waals surface area contributed by atoms with Crippen LogP contribution in [0.5, 0.6) is 11.5 Å². The van der Waals surface area contributed by atoms with Crippen molar-refractivity contribution in [1.82, 2.24) is 0 Å². The smallest absolute Gasteiger partial charge is 0.207 e. The minimum atomic E-state index is -0.486. The van der Waals surface area contributed by atoms with Crippen molar-refractivity contribution >= 4 is 10.8 Å². The molecule has 1 spiro atoms. The summed E-state index contributed by atoms with van der Waals surface area (Å²) < 4.78 is 12.8. The molecule has 0 radical (unpaired) electrons. The van der Waals surface area contributed by atoms with Crippen LogP contribution in [0.2, 0.25) is 0 Å². The fraction of sp³-hybridized carbons (Fsp3) is 0.467. The minimum Gasteiger partial charge on any atom is -0.457 e.